The maximum atomic E-state index is 11.8. The van der Waals surface area contributed by atoms with Gasteiger partial charge < -0.3 is 29.8 Å². The van der Waals surface area contributed by atoms with Gasteiger partial charge in [0.25, 0.3) is 0 Å². The van der Waals surface area contributed by atoms with Gasteiger partial charge in [0.05, 0.1) is 30.1 Å². The second kappa shape index (κ2) is 9.81. The van der Waals surface area contributed by atoms with E-state index in [0.717, 1.165) is 66.2 Å². The van der Waals surface area contributed by atoms with Gasteiger partial charge in [-0.3, -0.25) is 0 Å². The fourth-order valence-electron chi connectivity index (χ4n) is 4.45. The smallest absolute Gasteiger partial charge is 0.412 e. The number of hydrogen-bond acceptors (Lipinski definition) is 5. The lowest BCUT2D eigenvalue weighted by Gasteiger charge is -2.23. The molecule has 7 heteroatoms. The Kier molecular flexibility index (Phi) is 6.45. The highest BCUT2D eigenvalue weighted by Gasteiger charge is 2.26. The Labute approximate surface area is 199 Å². The Morgan fingerprint density at radius 3 is 2.56 bits per heavy atom. The predicted octanol–water partition coefficient (Wildman–Crippen LogP) is 5.13. The highest BCUT2D eigenvalue weighted by molar-refractivity contribution is 6.01. The molecule has 1 aromatic heterocycles. The van der Waals surface area contributed by atoms with Crippen molar-refractivity contribution in [1.82, 2.24) is 9.88 Å². The molecule has 1 aliphatic carbocycles. The third kappa shape index (κ3) is 4.89. The summed E-state index contributed by atoms with van der Waals surface area (Å²) in [7, 11) is 0. The van der Waals surface area contributed by atoms with Crippen LogP contribution in [0.25, 0.3) is 22.2 Å². The molecule has 3 aromatic rings. The lowest BCUT2D eigenvalue weighted by atomic mass is 10.1. The molecule has 34 heavy (non-hydrogen) atoms. The first-order valence-electron chi connectivity index (χ1n) is 12.0. The number of nitrogen functional groups attached to an aromatic ring is 1. The molecule has 2 aliphatic rings. The third-order valence-corrected chi connectivity index (χ3v) is 6.41. The number of carbonyl (C=O) groups excluding carboxylic acids is 1. The monoisotopic (exact) mass is 461 g/mol. The van der Waals surface area contributed by atoms with E-state index in [0.29, 0.717) is 18.2 Å². The largest absolute Gasteiger partial charge is 0.490 e. The van der Waals surface area contributed by atoms with Crippen LogP contribution in [0.3, 0.4) is 0 Å². The number of benzene rings is 2. The van der Waals surface area contributed by atoms with Crippen molar-refractivity contribution in [1.29, 1.82) is 0 Å². The SMILES string of the molecule is C=CCNC(=O)Oc1ccc(-c2c(N)c3ccc(OC4CCOCC4)cc3n2CC2CC2)cc1. The fraction of sp³-hybridized carbons (Fsp3) is 0.370. The van der Waals surface area contributed by atoms with Gasteiger partial charge in [0.1, 0.15) is 17.6 Å². The summed E-state index contributed by atoms with van der Waals surface area (Å²) < 4.78 is 19.4. The Hall–Kier alpha value is -3.45. The van der Waals surface area contributed by atoms with Gasteiger partial charge in [0.15, 0.2) is 0 Å². The van der Waals surface area contributed by atoms with Crippen LogP contribution in [0.4, 0.5) is 10.5 Å². The lowest BCUT2D eigenvalue weighted by Crippen LogP contribution is -2.26. The zero-order valence-electron chi connectivity index (χ0n) is 19.3. The standard InChI is InChI=1S/C27H31N3O4/c1-2-13-29-27(31)34-20-7-5-19(6-8-20)26-25(28)23-10-9-22(33-21-11-14-32-15-12-21)16-24(23)30(26)17-18-3-4-18/h2,5-10,16,18,21H,1,3-4,11-15,17,28H2,(H,29,31). The second-order valence-corrected chi connectivity index (χ2v) is 9.01. The minimum Gasteiger partial charge on any atom is -0.490 e. The van der Waals surface area contributed by atoms with Gasteiger partial charge in [0.2, 0.25) is 0 Å². The molecule has 7 nitrogen and oxygen atoms in total. The summed E-state index contributed by atoms with van der Waals surface area (Å²) in [6.45, 7) is 6.36. The molecule has 0 unspecified atom stereocenters. The van der Waals surface area contributed by atoms with Crippen LogP contribution in [0.5, 0.6) is 11.5 Å². The van der Waals surface area contributed by atoms with Crippen LogP contribution in [-0.2, 0) is 11.3 Å². The maximum absolute atomic E-state index is 11.8. The van der Waals surface area contributed by atoms with E-state index in [1.807, 2.05) is 18.2 Å². The van der Waals surface area contributed by atoms with Crippen LogP contribution in [0.1, 0.15) is 25.7 Å². The van der Waals surface area contributed by atoms with E-state index >= 15 is 0 Å². The number of nitrogens with zero attached hydrogens (tertiary/aromatic N) is 1. The molecule has 3 N–H and O–H groups in total. The maximum Gasteiger partial charge on any atom is 0.412 e. The number of aromatic nitrogens is 1. The van der Waals surface area contributed by atoms with Crippen molar-refractivity contribution in [3.8, 4) is 22.8 Å². The number of anilines is 1. The topological polar surface area (TPSA) is 87.7 Å². The highest BCUT2D eigenvalue weighted by Crippen LogP contribution is 2.41. The average Bonchev–Trinajstić information content (AvgIpc) is 3.63. The number of nitrogens with two attached hydrogens (primary N) is 1. The Morgan fingerprint density at radius 1 is 1.12 bits per heavy atom. The predicted molar refractivity (Wildman–Crippen MR) is 133 cm³/mol. The molecule has 1 saturated carbocycles. The molecule has 2 heterocycles. The van der Waals surface area contributed by atoms with E-state index in [9.17, 15) is 4.79 Å². The Morgan fingerprint density at radius 2 is 1.85 bits per heavy atom. The minimum absolute atomic E-state index is 0.186. The van der Waals surface area contributed by atoms with Crippen molar-refractivity contribution in [2.75, 3.05) is 25.5 Å². The number of fused-ring (bicyclic) bond motifs is 1. The molecule has 178 valence electrons. The van der Waals surface area contributed by atoms with E-state index in [4.69, 9.17) is 19.9 Å². The van der Waals surface area contributed by atoms with E-state index in [1.165, 1.54) is 12.8 Å². The lowest BCUT2D eigenvalue weighted by molar-refractivity contribution is 0.0256. The zero-order valence-corrected chi connectivity index (χ0v) is 19.3. The van der Waals surface area contributed by atoms with Gasteiger partial charge in [-0.25, -0.2) is 4.79 Å². The van der Waals surface area contributed by atoms with Crippen molar-refractivity contribution >= 4 is 22.7 Å². The fourth-order valence-corrected chi connectivity index (χ4v) is 4.45. The molecule has 1 saturated heterocycles. The van der Waals surface area contributed by atoms with Gasteiger partial charge in [0, 0.05) is 42.9 Å². The van der Waals surface area contributed by atoms with E-state index in [2.05, 4.69) is 28.6 Å². The number of hydrogen-bond donors (Lipinski definition) is 2. The molecule has 5 rings (SSSR count). The van der Waals surface area contributed by atoms with Crippen molar-refractivity contribution in [2.24, 2.45) is 5.92 Å². The Bertz CT molecular complexity index is 1170. The van der Waals surface area contributed by atoms with Gasteiger partial charge in [-0.05, 0) is 55.2 Å². The quantitative estimate of drug-likeness (QED) is 0.454. The summed E-state index contributed by atoms with van der Waals surface area (Å²) in [4.78, 5) is 11.8. The molecule has 0 atom stereocenters. The van der Waals surface area contributed by atoms with Crippen molar-refractivity contribution < 1.29 is 19.0 Å². The number of rotatable bonds is 8. The Balaban J connectivity index is 1.45. The summed E-state index contributed by atoms with van der Waals surface area (Å²) in [5.41, 5.74) is 10.5. The van der Waals surface area contributed by atoms with E-state index in [-0.39, 0.29) is 6.10 Å². The van der Waals surface area contributed by atoms with Crippen LogP contribution in [0, 0.1) is 5.92 Å². The molecule has 2 fully saturated rings. The van der Waals surface area contributed by atoms with Gasteiger partial charge in [-0.1, -0.05) is 6.08 Å². The molecule has 2 aromatic carbocycles. The summed E-state index contributed by atoms with van der Waals surface area (Å²) in [6.07, 6.45) is 5.58. The molecular formula is C27H31N3O4. The summed E-state index contributed by atoms with van der Waals surface area (Å²) in [5.74, 6) is 2.01. The van der Waals surface area contributed by atoms with E-state index < -0.39 is 6.09 Å². The molecule has 0 bridgehead atoms. The number of carbonyl (C=O) groups is 1. The molecule has 1 aliphatic heterocycles. The van der Waals surface area contributed by atoms with Gasteiger partial charge in [-0.2, -0.15) is 0 Å². The minimum atomic E-state index is -0.507. The van der Waals surface area contributed by atoms with Crippen LogP contribution >= 0.6 is 0 Å². The van der Waals surface area contributed by atoms with Crippen LogP contribution in [0.15, 0.2) is 55.1 Å². The third-order valence-electron chi connectivity index (χ3n) is 6.41. The highest BCUT2D eigenvalue weighted by atomic mass is 16.6. The van der Waals surface area contributed by atoms with Crippen LogP contribution in [0.2, 0.25) is 0 Å². The number of nitrogens with one attached hydrogen (secondary N) is 1. The molecule has 0 radical (unpaired) electrons. The number of ether oxygens (including phenoxy) is 3. The first-order valence-corrected chi connectivity index (χ1v) is 12.0. The molecular weight excluding hydrogens is 430 g/mol. The second-order valence-electron chi connectivity index (χ2n) is 9.01. The normalized spacial score (nSPS) is 16.4. The molecule has 0 spiro atoms. The summed E-state index contributed by atoms with van der Waals surface area (Å²) >= 11 is 0. The van der Waals surface area contributed by atoms with Crippen molar-refractivity contribution in [2.45, 2.75) is 38.3 Å². The number of amides is 1. The average molecular weight is 462 g/mol. The van der Waals surface area contributed by atoms with Crippen molar-refractivity contribution in [3.63, 3.8) is 0 Å². The molecule has 1 amide bonds. The summed E-state index contributed by atoms with van der Waals surface area (Å²) in [5, 5.41) is 3.63. The van der Waals surface area contributed by atoms with Crippen molar-refractivity contribution in [3.05, 3.63) is 55.1 Å². The summed E-state index contributed by atoms with van der Waals surface area (Å²) in [6, 6.07) is 13.7. The van der Waals surface area contributed by atoms with Gasteiger partial charge >= 0.3 is 6.09 Å². The zero-order chi connectivity index (χ0) is 23.5. The first-order chi connectivity index (χ1) is 16.6. The van der Waals surface area contributed by atoms with Crippen LogP contribution in [-0.4, -0.2) is 36.5 Å². The van der Waals surface area contributed by atoms with E-state index in [1.54, 1.807) is 18.2 Å². The van der Waals surface area contributed by atoms with Gasteiger partial charge in [-0.15, -0.1) is 6.58 Å². The van der Waals surface area contributed by atoms with Crippen LogP contribution < -0.4 is 20.5 Å². The first kappa shape index (κ1) is 22.3.